The smallest absolute Gasteiger partial charge is 0.287 e. The third kappa shape index (κ3) is 4.23. The van der Waals surface area contributed by atoms with E-state index in [9.17, 15) is 4.79 Å². The van der Waals surface area contributed by atoms with E-state index in [0.717, 1.165) is 12.2 Å². The molecule has 1 aromatic rings. The molecular formula is C13H21NO3. The van der Waals surface area contributed by atoms with Crippen LogP contribution < -0.4 is 5.32 Å². The van der Waals surface area contributed by atoms with E-state index < -0.39 is 0 Å². The third-order valence-corrected chi connectivity index (χ3v) is 2.69. The minimum Gasteiger partial charge on any atom is -0.456 e. The fourth-order valence-electron chi connectivity index (χ4n) is 1.72. The normalized spacial score (nSPS) is 13.5. The van der Waals surface area contributed by atoms with E-state index in [1.807, 2.05) is 27.7 Å². The summed E-state index contributed by atoms with van der Waals surface area (Å²) in [5, 5.41) is 2.89. The van der Waals surface area contributed by atoms with Gasteiger partial charge in [-0.25, -0.2) is 0 Å². The first-order valence-corrected chi connectivity index (χ1v) is 5.76. The number of amides is 1. The van der Waals surface area contributed by atoms with Crippen LogP contribution in [0.25, 0.3) is 0 Å². The van der Waals surface area contributed by atoms with Gasteiger partial charge in [0, 0.05) is 13.2 Å². The Labute approximate surface area is 102 Å². The fourth-order valence-corrected chi connectivity index (χ4v) is 1.72. The van der Waals surface area contributed by atoms with Gasteiger partial charge in [0.1, 0.15) is 5.76 Å². The molecule has 0 unspecified atom stereocenters. The molecule has 1 aromatic heterocycles. The first-order chi connectivity index (χ1) is 7.84. The standard InChI is InChI=1S/C13H21NO3/c1-9(8-13(3,4)16-5)14-12(15)11-7-6-10(2)17-11/h6-7,9H,8H2,1-5H3,(H,14,15)/t9-/m0/s1. The molecule has 1 rings (SSSR count). The van der Waals surface area contributed by atoms with Crippen molar-refractivity contribution in [2.75, 3.05) is 7.11 Å². The Hall–Kier alpha value is -1.29. The predicted molar refractivity (Wildman–Crippen MR) is 66.1 cm³/mol. The van der Waals surface area contributed by atoms with Crippen LogP contribution in [0, 0.1) is 6.92 Å². The Morgan fingerprint density at radius 3 is 2.65 bits per heavy atom. The summed E-state index contributed by atoms with van der Waals surface area (Å²) in [5.41, 5.74) is -0.244. The molecule has 1 N–H and O–H groups in total. The van der Waals surface area contributed by atoms with Crippen LogP contribution in [0.1, 0.15) is 43.5 Å². The molecule has 0 radical (unpaired) electrons. The molecule has 1 heterocycles. The maximum atomic E-state index is 11.8. The lowest BCUT2D eigenvalue weighted by atomic mass is 10.00. The van der Waals surface area contributed by atoms with Crippen LogP contribution in [-0.4, -0.2) is 24.7 Å². The molecule has 4 heteroatoms. The second kappa shape index (κ2) is 5.36. The number of carbonyl (C=O) groups excluding carboxylic acids is 1. The van der Waals surface area contributed by atoms with E-state index in [0.29, 0.717) is 5.76 Å². The van der Waals surface area contributed by atoms with Crippen LogP contribution in [-0.2, 0) is 4.74 Å². The van der Waals surface area contributed by atoms with Gasteiger partial charge in [-0.1, -0.05) is 0 Å². The van der Waals surface area contributed by atoms with Crippen LogP contribution in [0.3, 0.4) is 0 Å². The van der Waals surface area contributed by atoms with Gasteiger partial charge in [0.05, 0.1) is 5.60 Å². The molecule has 0 aliphatic carbocycles. The zero-order chi connectivity index (χ0) is 13.1. The number of aryl methyl sites for hydroxylation is 1. The number of carbonyl (C=O) groups is 1. The highest BCUT2D eigenvalue weighted by Crippen LogP contribution is 2.16. The average molecular weight is 239 g/mol. The molecular weight excluding hydrogens is 218 g/mol. The SMILES string of the molecule is COC(C)(C)C[C@H](C)NC(=O)c1ccc(C)o1. The summed E-state index contributed by atoms with van der Waals surface area (Å²) in [6.45, 7) is 7.75. The Bertz CT molecular complexity index is 382. The lowest BCUT2D eigenvalue weighted by Gasteiger charge is -2.26. The van der Waals surface area contributed by atoms with Crippen LogP contribution in [0.2, 0.25) is 0 Å². The predicted octanol–water partition coefficient (Wildman–Crippen LogP) is 2.52. The number of rotatable bonds is 5. The molecule has 0 bridgehead atoms. The van der Waals surface area contributed by atoms with Crippen LogP contribution in [0.15, 0.2) is 16.5 Å². The van der Waals surface area contributed by atoms with E-state index in [4.69, 9.17) is 9.15 Å². The Morgan fingerprint density at radius 2 is 2.18 bits per heavy atom. The van der Waals surface area contributed by atoms with Gasteiger partial charge in [0.15, 0.2) is 5.76 Å². The Kier molecular flexibility index (Phi) is 4.34. The highest BCUT2D eigenvalue weighted by Gasteiger charge is 2.22. The van der Waals surface area contributed by atoms with Crippen molar-refractivity contribution in [1.29, 1.82) is 0 Å². The maximum Gasteiger partial charge on any atom is 0.287 e. The summed E-state index contributed by atoms with van der Waals surface area (Å²) < 4.78 is 10.6. The van der Waals surface area contributed by atoms with Crippen LogP contribution in [0.4, 0.5) is 0 Å². The zero-order valence-corrected chi connectivity index (χ0v) is 11.2. The molecule has 17 heavy (non-hydrogen) atoms. The van der Waals surface area contributed by atoms with Crippen molar-refractivity contribution in [3.05, 3.63) is 23.7 Å². The zero-order valence-electron chi connectivity index (χ0n) is 11.2. The number of methoxy groups -OCH3 is 1. The summed E-state index contributed by atoms with van der Waals surface area (Å²) >= 11 is 0. The number of nitrogens with one attached hydrogen (secondary N) is 1. The van der Waals surface area contributed by atoms with E-state index in [-0.39, 0.29) is 17.6 Å². The largest absolute Gasteiger partial charge is 0.456 e. The van der Waals surface area contributed by atoms with Crippen molar-refractivity contribution in [2.45, 2.75) is 45.8 Å². The van der Waals surface area contributed by atoms with Gasteiger partial charge in [0.25, 0.3) is 5.91 Å². The Morgan fingerprint density at radius 1 is 1.53 bits per heavy atom. The van der Waals surface area contributed by atoms with Crippen molar-refractivity contribution >= 4 is 5.91 Å². The van der Waals surface area contributed by atoms with Gasteiger partial charge in [-0.3, -0.25) is 4.79 Å². The van der Waals surface area contributed by atoms with Crippen molar-refractivity contribution in [3.63, 3.8) is 0 Å². The highest BCUT2D eigenvalue weighted by molar-refractivity contribution is 5.91. The number of hydrogen-bond donors (Lipinski definition) is 1. The van der Waals surface area contributed by atoms with Gasteiger partial charge in [-0.15, -0.1) is 0 Å². The molecule has 96 valence electrons. The highest BCUT2D eigenvalue weighted by atomic mass is 16.5. The number of hydrogen-bond acceptors (Lipinski definition) is 3. The second-order valence-electron chi connectivity index (χ2n) is 4.95. The van der Waals surface area contributed by atoms with Gasteiger partial charge in [-0.2, -0.15) is 0 Å². The van der Waals surface area contributed by atoms with E-state index in [2.05, 4.69) is 5.32 Å². The van der Waals surface area contributed by atoms with E-state index in [1.54, 1.807) is 19.2 Å². The summed E-state index contributed by atoms with van der Waals surface area (Å²) in [7, 11) is 1.67. The molecule has 1 atom stereocenters. The first kappa shape index (κ1) is 13.8. The van der Waals surface area contributed by atoms with Crippen molar-refractivity contribution in [1.82, 2.24) is 5.32 Å². The molecule has 0 aliphatic rings. The first-order valence-electron chi connectivity index (χ1n) is 5.76. The van der Waals surface area contributed by atoms with Crippen LogP contribution in [0.5, 0.6) is 0 Å². The topological polar surface area (TPSA) is 51.5 Å². The lowest BCUT2D eigenvalue weighted by molar-refractivity contribution is 0.00874. The quantitative estimate of drug-likeness (QED) is 0.859. The van der Waals surface area contributed by atoms with Crippen molar-refractivity contribution in [3.8, 4) is 0 Å². The van der Waals surface area contributed by atoms with Gasteiger partial charge in [-0.05, 0) is 46.2 Å². The second-order valence-corrected chi connectivity index (χ2v) is 4.95. The third-order valence-electron chi connectivity index (χ3n) is 2.69. The Balaban J connectivity index is 2.52. The van der Waals surface area contributed by atoms with Crippen molar-refractivity contribution < 1.29 is 13.9 Å². The average Bonchev–Trinajstić information content (AvgIpc) is 2.64. The summed E-state index contributed by atoms with van der Waals surface area (Å²) in [4.78, 5) is 11.8. The molecule has 4 nitrogen and oxygen atoms in total. The lowest BCUT2D eigenvalue weighted by Crippen LogP contribution is -2.38. The molecule has 0 saturated heterocycles. The van der Waals surface area contributed by atoms with Gasteiger partial charge < -0.3 is 14.5 Å². The van der Waals surface area contributed by atoms with E-state index in [1.165, 1.54) is 0 Å². The van der Waals surface area contributed by atoms with Crippen LogP contribution >= 0.6 is 0 Å². The molecule has 1 amide bonds. The molecule has 0 aromatic carbocycles. The number of ether oxygens (including phenoxy) is 1. The van der Waals surface area contributed by atoms with E-state index >= 15 is 0 Å². The molecule has 0 saturated carbocycles. The van der Waals surface area contributed by atoms with Gasteiger partial charge >= 0.3 is 0 Å². The molecule has 0 spiro atoms. The minimum atomic E-state index is -0.244. The van der Waals surface area contributed by atoms with Gasteiger partial charge in [0.2, 0.25) is 0 Å². The minimum absolute atomic E-state index is 0.0304. The summed E-state index contributed by atoms with van der Waals surface area (Å²) in [6, 6.07) is 3.49. The summed E-state index contributed by atoms with van der Waals surface area (Å²) in [6.07, 6.45) is 0.745. The number of furan rings is 1. The van der Waals surface area contributed by atoms with Crippen molar-refractivity contribution in [2.24, 2.45) is 0 Å². The fraction of sp³-hybridized carbons (Fsp3) is 0.615. The molecule has 0 fully saturated rings. The monoisotopic (exact) mass is 239 g/mol. The summed E-state index contributed by atoms with van der Waals surface area (Å²) in [5.74, 6) is 0.905. The maximum absolute atomic E-state index is 11.8. The molecule has 0 aliphatic heterocycles.